The van der Waals surface area contributed by atoms with Gasteiger partial charge in [0, 0.05) is 24.3 Å². The molecule has 2 aromatic heterocycles. The number of aromatic amines is 1. The molecule has 0 saturated carbocycles. The van der Waals surface area contributed by atoms with Crippen LogP contribution in [0.25, 0.3) is 0 Å². The van der Waals surface area contributed by atoms with Gasteiger partial charge in [-0.05, 0) is 26.7 Å². The molecular formula is C16H22N6O2. The molecule has 0 spiro atoms. The van der Waals surface area contributed by atoms with Crippen LogP contribution in [0.1, 0.15) is 45.0 Å². The van der Waals surface area contributed by atoms with Crippen LogP contribution >= 0.6 is 0 Å². The van der Waals surface area contributed by atoms with Crippen LogP contribution in [0, 0.1) is 26.7 Å². The van der Waals surface area contributed by atoms with Gasteiger partial charge in [-0.25, -0.2) is 15.0 Å². The normalized spacial score (nSPS) is 11.8. The highest BCUT2D eigenvalue weighted by Crippen LogP contribution is 2.07. The first-order valence-corrected chi connectivity index (χ1v) is 7.74. The lowest BCUT2D eigenvalue weighted by Crippen LogP contribution is -2.36. The van der Waals surface area contributed by atoms with Gasteiger partial charge in [0.15, 0.2) is 0 Å². The zero-order chi connectivity index (χ0) is 17.7. The molecule has 0 radical (unpaired) electrons. The lowest BCUT2D eigenvalue weighted by Gasteiger charge is -2.14. The van der Waals surface area contributed by atoms with Gasteiger partial charge in [-0.2, -0.15) is 0 Å². The quantitative estimate of drug-likeness (QED) is 0.729. The van der Waals surface area contributed by atoms with Crippen LogP contribution in [-0.4, -0.2) is 44.8 Å². The first-order valence-electron chi connectivity index (χ1n) is 7.74. The Labute approximate surface area is 140 Å². The fourth-order valence-corrected chi connectivity index (χ4v) is 2.09. The van der Waals surface area contributed by atoms with E-state index in [1.807, 2.05) is 20.8 Å². The second-order valence-corrected chi connectivity index (χ2v) is 5.84. The Bertz CT molecular complexity index is 740. The van der Waals surface area contributed by atoms with E-state index >= 15 is 0 Å². The van der Waals surface area contributed by atoms with E-state index < -0.39 is 0 Å². The summed E-state index contributed by atoms with van der Waals surface area (Å²) in [6.45, 7) is 8.26. The van der Waals surface area contributed by atoms with Crippen LogP contribution in [0.3, 0.4) is 0 Å². The van der Waals surface area contributed by atoms with Crippen molar-refractivity contribution in [3.63, 3.8) is 0 Å². The van der Waals surface area contributed by atoms with Gasteiger partial charge >= 0.3 is 0 Å². The van der Waals surface area contributed by atoms with Crippen LogP contribution in [0.2, 0.25) is 0 Å². The third kappa shape index (κ3) is 4.37. The molecule has 8 heteroatoms. The van der Waals surface area contributed by atoms with E-state index in [0.717, 1.165) is 11.3 Å². The number of nitrogens with one attached hydrogen (secondary N) is 3. The standard InChI is InChI=1S/C16H22N6O2/c1-9(5-18-15(23)13-7-17-12(4)22-13)6-19-16(24)14-10(2)11(3)20-8-21-14/h7-9H,5-6H2,1-4H3,(H,17,22)(H,18,23)(H,19,24)/t9-/m1/s1. The lowest BCUT2D eigenvalue weighted by molar-refractivity contribution is 0.0936. The second-order valence-electron chi connectivity index (χ2n) is 5.84. The number of aryl methyl sites for hydroxylation is 2. The van der Waals surface area contributed by atoms with Crippen LogP contribution in [-0.2, 0) is 0 Å². The summed E-state index contributed by atoms with van der Waals surface area (Å²) in [5.41, 5.74) is 2.36. The van der Waals surface area contributed by atoms with Gasteiger partial charge < -0.3 is 15.6 Å². The van der Waals surface area contributed by atoms with Crippen molar-refractivity contribution < 1.29 is 9.59 Å². The number of nitrogens with zero attached hydrogens (tertiary/aromatic N) is 3. The predicted octanol–water partition coefficient (Wildman–Crippen LogP) is 0.921. The summed E-state index contributed by atoms with van der Waals surface area (Å²) >= 11 is 0. The number of imidazole rings is 1. The van der Waals surface area contributed by atoms with E-state index in [9.17, 15) is 9.59 Å². The average molecular weight is 330 g/mol. The molecule has 0 saturated heterocycles. The zero-order valence-corrected chi connectivity index (χ0v) is 14.3. The number of rotatable bonds is 6. The fourth-order valence-electron chi connectivity index (χ4n) is 2.09. The van der Waals surface area contributed by atoms with Crippen molar-refractivity contribution in [2.24, 2.45) is 5.92 Å². The maximum atomic E-state index is 12.2. The van der Waals surface area contributed by atoms with Crippen molar-refractivity contribution in [2.45, 2.75) is 27.7 Å². The van der Waals surface area contributed by atoms with Crippen LogP contribution in [0.4, 0.5) is 0 Å². The molecule has 0 fully saturated rings. The molecule has 2 amide bonds. The number of H-pyrrole nitrogens is 1. The first kappa shape index (κ1) is 17.6. The second kappa shape index (κ2) is 7.67. The number of hydrogen-bond donors (Lipinski definition) is 3. The van der Waals surface area contributed by atoms with E-state index in [2.05, 4.69) is 30.6 Å². The topological polar surface area (TPSA) is 113 Å². The predicted molar refractivity (Wildman–Crippen MR) is 88.7 cm³/mol. The van der Waals surface area contributed by atoms with Crippen LogP contribution in [0.5, 0.6) is 0 Å². The summed E-state index contributed by atoms with van der Waals surface area (Å²) in [6.07, 6.45) is 2.88. The van der Waals surface area contributed by atoms with Gasteiger partial charge in [-0.1, -0.05) is 6.92 Å². The Hall–Kier alpha value is -2.77. The molecule has 0 aliphatic rings. The van der Waals surface area contributed by atoms with E-state index in [1.54, 1.807) is 6.92 Å². The Morgan fingerprint density at radius 3 is 2.38 bits per heavy atom. The average Bonchev–Trinajstić information content (AvgIpc) is 2.99. The van der Waals surface area contributed by atoms with Crippen molar-refractivity contribution in [3.8, 4) is 0 Å². The minimum absolute atomic E-state index is 0.0742. The first-order chi connectivity index (χ1) is 11.4. The van der Waals surface area contributed by atoms with Gasteiger partial charge in [0.25, 0.3) is 11.8 Å². The molecule has 2 heterocycles. The van der Waals surface area contributed by atoms with Crippen LogP contribution in [0.15, 0.2) is 12.5 Å². The SMILES string of the molecule is Cc1ncc(C(=O)NC[C@@H](C)CNC(=O)c2ncnc(C)c2C)[nH]1. The lowest BCUT2D eigenvalue weighted by atomic mass is 10.1. The molecule has 2 rings (SSSR count). The molecule has 0 aromatic carbocycles. The molecule has 2 aromatic rings. The summed E-state index contributed by atoms with van der Waals surface area (Å²) in [5.74, 6) is 0.317. The third-order valence-electron chi connectivity index (χ3n) is 3.72. The molecule has 1 atom stereocenters. The van der Waals surface area contributed by atoms with Gasteiger partial charge in [0.2, 0.25) is 0 Å². The Kier molecular flexibility index (Phi) is 5.62. The number of hydrogen-bond acceptors (Lipinski definition) is 5. The summed E-state index contributed by atoms with van der Waals surface area (Å²) < 4.78 is 0. The largest absolute Gasteiger partial charge is 0.350 e. The maximum Gasteiger partial charge on any atom is 0.270 e. The van der Waals surface area contributed by atoms with Crippen molar-refractivity contribution >= 4 is 11.8 Å². The summed E-state index contributed by atoms with van der Waals surface area (Å²) in [5, 5.41) is 5.64. The molecule has 0 unspecified atom stereocenters. The maximum absolute atomic E-state index is 12.2. The van der Waals surface area contributed by atoms with Gasteiger partial charge in [-0.3, -0.25) is 9.59 Å². The van der Waals surface area contributed by atoms with E-state index in [0.29, 0.717) is 30.3 Å². The van der Waals surface area contributed by atoms with Gasteiger partial charge in [0.1, 0.15) is 23.5 Å². The van der Waals surface area contributed by atoms with Gasteiger partial charge in [-0.15, -0.1) is 0 Å². The highest BCUT2D eigenvalue weighted by Gasteiger charge is 2.14. The monoisotopic (exact) mass is 330 g/mol. The number of aromatic nitrogens is 4. The zero-order valence-electron chi connectivity index (χ0n) is 14.3. The van der Waals surface area contributed by atoms with E-state index in [1.165, 1.54) is 12.5 Å². The van der Waals surface area contributed by atoms with E-state index in [4.69, 9.17) is 0 Å². The molecule has 0 aliphatic heterocycles. The summed E-state index contributed by atoms with van der Waals surface area (Å²) in [6, 6.07) is 0. The van der Waals surface area contributed by atoms with E-state index in [-0.39, 0.29) is 17.7 Å². The van der Waals surface area contributed by atoms with Crippen molar-refractivity contribution in [1.29, 1.82) is 0 Å². The minimum Gasteiger partial charge on any atom is -0.350 e. The number of carbonyl (C=O) groups excluding carboxylic acids is 2. The Morgan fingerprint density at radius 1 is 1.08 bits per heavy atom. The molecular weight excluding hydrogens is 308 g/mol. The molecule has 128 valence electrons. The van der Waals surface area contributed by atoms with Crippen molar-refractivity contribution in [1.82, 2.24) is 30.6 Å². The summed E-state index contributed by atoms with van der Waals surface area (Å²) in [4.78, 5) is 39.0. The third-order valence-corrected chi connectivity index (χ3v) is 3.72. The molecule has 24 heavy (non-hydrogen) atoms. The fraction of sp³-hybridized carbons (Fsp3) is 0.438. The van der Waals surface area contributed by atoms with Crippen molar-refractivity contribution in [3.05, 3.63) is 41.0 Å². The molecule has 0 aliphatic carbocycles. The molecule has 3 N–H and O–H groups in total. The minimum atomic E-state index is -0.236. The van der Waals surface area contributed by atoms with Gasteiger partial charge in [0.05, 0.1) is 6.20 Å². The summed E-state index contributed by atoms with van der Waals surface area (Å²) in [7, 11) is 0. The number of amides is 2. The Balaban J connectivity index is 1.80. The highest BCUT2D eigenvalue weighted by molar-refractivity contribution is 5.93. The number of carbonyl (C=O) groups is 2. The Morgan fingerprint density at radius 2 is 1.75 bits per heavy atom. The van der Waals surface area contributed by atoms with Crippen LogP contribution < -0.4 is 10.6 Å². The van der Waals surface area contributed by atoms with Crippen molar-refractivity contribution in [2.75, 3.05) is 13.1 Å². The molecule has 0 bridgehead atoms. The molecule has 8 nitrogen and oxygen atoms in total. The highest BCUT2D eigenvalue weighted by atomic mass is 16.2. The smallest absolute Gasteiger partial charge is 0.270 e.